The molecule has 0 bridgehead atoms. The lowest BCUT2D eigenvalue weighted by Crippen LogP contribution is -2.20. The number of benzene rings is 2. The second-order valence-electron chi connectivity index (χ2n) is 5.39. The van der Waals surface area contributed by atoms with Crippen molar-refractivity contribution in [2.24, 2.45) is 0 Å². The lowest BCUT2D eigenvalue weighted by Gasteiger charge is -2.12. The van der Waals surface area contributed by atoms with Crippen molar-refractivity contribution >= 4 is 22.4 Å². The molecular formula is C18H14N2OS. The molecule has 0 aliphatic heterocycles. The Morgan fingerprint density at radius 2 is 1.64 bits per heavy atom. The maximum Gasteiger partial charge on any atom is 0.238 e. The van der Waals surface area contributed by atoms with E-state index in [0.717, 1.165) is 27.9 Å². The van der Waals surface area contributed by atoms with E-state index in [1.54, 1.807) is 0 Å². The average Bonchev–Trinajstić information content (AvgIpc) is 3.08. The van der Waals surface area contributed by atoms with E-state index in [2.05, 4.69) is 22.4 Å². The third-order valence-corrected chi connectivity index (χ3v) is 4.82. The van der Waals surface area contributed by atoms with Gasteiger partial charge in [0.15, 0.2) is 5.13 Å². The standard InChI is InChI=1S/C18H14N2OS/c1-11-10-22-18(19-11)20-17(21)16-14-8-4-2-6-12(14)13-7-3-5-9-15(13)16/h2-10,16H,1H3,(H,19,20,21). The zero-order chi connectivity index (χ0) is 15.1. The minimum Gasteiger partial charge on any atom is -0.301 e. The van der Waals surface area contributed by atoms with Gasteiger partial charge in [-0.2, -0.15) is 0 Å². The van der Waals surface area contributed by atoms with Crippen LogP contribution in [0, 0.1) is 6.92 Å². The Hall–Kier alpha value is -2.46. The molecule has 108 valence electrons. The van der Waals surface area contributed by atoms with Gasteiger partial charge >= 0.3 is 0 Å². The first-order valence-electron chi connectivity index (χ1n) is 7.15. The van der Waals surface area contributed by atoms with Crippen molar-refractivity contribution in [3.8, 4) is 11.1 Å². The summed E-state index contributed by atoms with van der Waals surface area (Å²) < 4.78 is 0. The van der Waals surface area contributed by atoms with E-state index in [4.69, 9.17) is 0 Å². The topological polar surface area (TPSA) is 42.0 Å². The number of nitrogens with zero attached hydrogens (tertiary/aromatic N) is 1. The van der Waals surface area contributed by atoms with E-state index in [-0.39, 0.29) is 11.8 Å². The number of nitrogens with one attached hydrogen (secondary N) is 1. The molecule has 3 aromatic rings. The lowest BCUT2D eigenvalue weighted by molar-refractivity contribution is -0.116. The van der Waals surface area contributed by atoms with Crippen LogP contribution in [0.4, 0.5) is 5.13 Å². The van der Waals surface area contributed by atoms with Crippen molar-refractivity contribution in [3.63, 3.8) is 0 Å². The highest BCUT2D eigenvalue weighted by atomic mass is 32.1. The molecule has 2 aromatic carbocycles. The van der Waals surface area contributed by atoms with Gasteiger partial charge in [0.1, 0.15) is 0 Å². The molecule has 1 aliphatic rings. The van der Waals surface area contributed by atoms with Crippen LogP contribution in [0.5, 0.6) is 0 Å². The molecule has 1 heterocycles. The Balaban J connectivity index is 1.76. The van der Waals surface area contributed by atoms with Gasteiger partial charge in [-0.05, 0) is 29.2 Å². The Labute approximate surface area is 132 Å². The molecule has 1 amide bonds. The number of rotatable bonds is 2. The van der Waals surface area contributed by atoms with Crippen molar-refractivity contribution < 1.29 is 4.79 Å². The molecule has 4 heteroatoms. The summed E-state index contributed by atoms with van der Waals surface area (Å²) in [4.78, 5) is 17.1. The van der Waals surface area contributed by atoms with Gasteiger partial charge in [-0.3, -0.25) is 4.79 Å². The highest BCUT2D eigenvalue weighted by molar-refractivity contribution is 7.13. The van der Waals surface area contributed by atoms with Crippen LogP contribution in [0.25, 0.3) is 11.1 Å². The molecule has 3 nitrogen and oxygen atoms in total. The maximum absolute atomic E-state index is 12.8. The number of amides is 1. The number of hydrogen-bond acceptors (Lipinski definition) is 3. The first kappa shape index (κ1) is 13.2. The van der Waals surface area contributed by atoms with E-state index in [0.29, 0.717) is 5.13 Å². The summed E-state index contributed by atoms with van der Waals surface area (Å²) in [5, 5.41) is 5.55. The van der Waals surface area contributed by atoms with E-state index >= 15 is 0 Å². The molecule has 0 unspecified atom stereocenters. The van der Waals surface area contributed by atoms with E-state index in [1.807, 2.05) is 48.7 Å². The molecule has 0 atom stereocenters. The third kappa shape index (κ3) is 2.04. The molecular weight excluding hydrogens is 292 g/mol. The zero-order valence-electron chi connectivity index (χ0n) is 12.0. The fraction of sp³-hybridized carbons (Fsp3) is 0.111. The van der Waals surface area contributed by atoms with Gasteiger partial charge in [0.2, 0.25) is 5.91 Å². The first-order valence-corrected chi connectivity index (χ1v) is 8.03. The second-order valence-corrected chi connectivity index (χ2v) is 6.25. The highest BCUT2D eigenvalue weighted by Crippen LogP contribution is 2.44. The van der Waals surface area contributed by atoms with Crippen LogP contribution in [-0.4, -0.2) is 10.9 Å². The number of hydrogen-bond donors (Lipinski definition) is 1. The molecule has 22 heavy (non-hydrogen) atoms. The van der Waals surface area contributed by atoms with Crippen molar-refractivity contribution in [2.75, 3.05) is 5.32 Å². The zero-order valence-corrected chi connectivity index (χ0v) is 12.9. The van der Waals surface area contributed by atoms with E-state index in [1.165, 1.54) is 11.3 Å². The monoisotopic (exact) mass is 306 g/mol. The number of carbonyl (C=O) groups excluding carboxylic acids is 1. The second kappa shape index (κ2) is 5.07. The summed E-state index contributed by atoms with van der Waals surface area (Å²) in [5.74, 6) is -0.289. The van der Waals surface area contributed by atoms with Crippen LogP contribution in [0.2, 0.25) is 0 Å². The smallest absolute Gasteiger partial charge is 0.238 e. The molecule has 0 saturated heterocycles. The van der Waals surface area contributed by atoms with Gasteiger partial charge < -0.3 is 5.32 Å². The lowest BCUT2D eigenvalue weighted by atomic mass is 9.96. The summed E-state index contributed by atoms with van der Waals surface area (Å²) in [6.07, 6.45) is 0. The minimum absolute atomic E-state index is 0.0215. The molecule has 4 rings (SSSR count). The summed E-state index contributed by atoms with van der Waals surface area (Å²) in [6, 6.07) is 16.2. The van der Waals surface area contributed by atoms with Gasteiger partial charge in [-0.25, -0.2) is 4.98 Å². The predicted molar refractivity (Wildman–Crippen MR) is 89.2 cm³/mol. The Bertz CT molecular complexity index is 823. The molecule has 0 saturated carbocycles. The average molecular weight is 306 g/mol. The van der Waals surface area contributed by atoms with Gasteiger partial charge in [0.25, 0.3) is 0 Å². The van der Waals surface area contributed by atoms with Crippen LogP contribution in [0.1, 0.15) is 22.7 Å². The fourth-order valence-corrected chi connectivity index (χ4v) is 3.72. The minimum atomic E-state index is -0.267. The fourth-order valence-electron chi connectivity index (χ4n) is 3.03. The van der Waals surface area contributed by atoms with Gasteiger partial charge in [0.05, 0.1) is 11.6 Å². The van der Waals surface area contributed by atoms with Crippen molar-refractivity contribution in [1.82, 2.24) is 4.98 Å². The molecule has 0 fully saturated rings. The first-order chi connectivity index (χ1) is 10.7. The molecule has 0 radical (unpaired) electrons. The third-order valence-electron chi connectivity index (χ3n) is 3.95. The van der Waals surface area contributed by atoms with Gasteiger partial charge in [-0.1, -0.05) is 48.5 Å². The molecule has 1 aromatic heterocycles. The number of aromatic nitrogens is 1. The van der Waals surface area contributed by atoms with Crippen molar-refractivity contribution in [1.29, 1.82) is 0 Å². The van der Waals surface area contributed by atoms with E-state index in [9.17, 15) is 4.79 Å². The van der Waals surface area contributed by atoms with Crippen LogP contribution in [0.3, 0.4) is 0 Å². The highest BCUT2D eigenvalue weighted by Gasteiger charge is 2.33. The maximum atomic E-state index is 12.8. The largest absolute Gasteiger partial charge is 0.301 e. The summed E-state index contributed by atoms with van der Waals surface area (Å²) in [5.41, 5.74) is 5.35. The van der Waals surface area contributed by atoms with Crippen LogP contribution >= 0.6 is 11.3 Å². The van der Waals surface area contributed by atoms with Crippen molar-refractivity contribution in [3.05, 3.63) is 70.7 Å². The van der Waals surface area contributed by atoms with Crippen LogP contribution in [0.15, 0.2) is 53.9 Å². The van der Waals surface area contributed by atoms with Gasteiger partial charge in [-0.15, -0.1) is 11.3 Å². The molecule has 1 aliphatic carbocycles. The number of thiazole rings is 1. The normalized spacial score (nSPS) is 12.8. The van der Waals surface area contributed by atoms with Crippen molar-refractivity contribution in [2.45, 2.75) is 12.8 Å². The van der Waals surface area contributed by atoms with E-state index < -0.39 is 0 Å². The van der Waals surface area contributed by atoms with Crippen LogP contribution in [-0.2, 0) is 4.79 Å². The molecule has 0 spiro atoms. The number of anilines is 1. The Morgan fingerprint density at radius 1 is 1.05 bits per heavy atom. The van der Waals surface area contributed by atoms with Gasteiger partial charge in [0, 0.05) is 5.38 Å². The number of carbonyl (C=O) groups is 1. The number of fused-ring (bicyclic) bond motifs is 3. The Morgan fingerprint density at radius 3 is 2.18 bits per heavy atom. The summed E-state index contributed by atoms with van der Waals surface area (Å²) in [6.45, 7) is 1.92. The number of aryl methyl sites for hydroxylation is 1. The van der Waals surface area contributed by atoms with Crippen LogP contribution < -0.4 is 5.32 Å². The Kier molecular flexibility index (Phi) is 3.05. The predicted octanol–water partition coefficient (Wildman–Crippen LogP) is 4.20. The SMILES string of the molecule is Cc1csc(NC(=O)C2c3ccccc3-c3ccccc32)n1. The summed E-state index contributed by atoms with van der Waals surface area (Å²) >= 11 is 1.46. The molecule has 1 N–H and O–H groups in total. The summed E-state index contributed by atoms with van der Waals surface area (Å²) in [7, 11) is 0. The quantitative estimate of drug-likeness (QED) is 0.771.